The summed E-state index contributed by atoms with van der Waals surface area (Å²) in [5.41, 5.74) is 2.59. The lowest BCUT2D eigenvalue weighted by Gasteiger charge is -2.14. The van der Waals surface area contributed by atoms with Crippen molar-refractivity contribution in [1.29, 1.82) is 0 Å². The van der Waals surface area contributed by atoms with Crippen molar-refractivity contribution >= 4 is 0 Å². The van der Waals surface area contributed by atoms with Crippen molar-refractivity contribution in [2.24, 2.45) is 0 Å². The molecule has 25 heavy (non-hydrogen) atoms. The molecule has 0 fully saturated rings. The smallest absolute Gasteiger partial charge is 0.196 e. The Morgan fingerprint density at radius 1 is 0.760 bits per heavy atom. The summed E-state index contributed by atoms with van der Waals surface area (Å²) >= 11 is 0. The quantitative estimate of drug-likeness (QED) is 0.645. The van der Waals surface area contributed by atoms with E-state index in [0.717, 1.165) is 5.75 Å². The van der Waals surface area contributed by atoms with Crippen LogP contribution in [0.25, 0.3) is 0 Å². The van der Waals surface area contributed by atoms with Crippen LogP contribution < -0.4 is 4.74 Å². The third-order valence-corrected chi connectivity index (χ3v) is 3.81. The molecule has 1 atom stereocenters. The van der Waals surface area contributed by atoms with Crippen LogP contribution in [-0.4, -0.2) is 18.0 Å². The first-order chi connectivity index (χ1) is 11.8. The molecule has 2 rings (SSSR count). The van der Waals surface area contributed by atoms with Gasteiger partial charge in [0.2, 0.25) is 0 Å². The second-order valence-corrected chi connectivity index (χ2v) is 6.61. The molecule has 2 aromatic rings. The fraction of sp³-hybridized carbons (Fsp3) is 0.455. The molecular weight excluding hydrogens is 312 g/mol. The fourth-order valence-corrected chi connectivity index (χ4v) is 2.25. The maximum Gasteiger partial charge on any atom is 0.196 e. The number of hydrogen-bond donors (Lipinski definition) is 1. The summed E-state index contributed by atoms with van der Waals surface area (Å²) < 4.78 is 10.9. The number of benzene rings is 2. The van der Waals surface area contributed by atoms with Crippen molar-refractivity contribution in [3.8, 4) is 11.5 Å². The Morgan fingerprint density at radius 3 is 1.60 bits per heavy atom. The van der Waals surface area contributed by atoms with E-state index < -0.39 is 0 Å². The highest BCUT2D eigenvalue weighted by Crippen LogP contribution is 2.19. The van der Waals surface area contributed by atoms with Gasteiger partial charge in [-0.05, 0) is 61.1 Å². The molecule has 0 saturated heterocycles. The van der Waals surface area contributed by atoms with Crippen LogP contribution in [0.3, 0.4) is 0 Å². The molecule has 0 heterocycles. The lowest BCUT2D eigenvalue weighted by molar-refractivity contribution is -0.0613. The Kier molecular flexibility index (Phi) is 9.07. The van der Waals surface area contributed by atoms with Gasteiger partial charge in [-0.15, -0.1) is 0 Å². The summed E-state index contributed by atoms with van der Waals surface area (Å²) in [6, 6.07) is 15.5. The van der Waals surface area contributed by atoms with Gasteiger partial charge < -0.3 is 14.6 Å². The molecule has 0 bridgehead atoms. The van der Waals surface area contributed by atoms with Crippen LogP contribution in [0.1, 0.15) is 64.5 Å². The Morgan fingerprint density at radius 2 is 1.20 bits per heavy atom. The summed E-state index contributed by atoms with van der Waals surface area (Å²) in [6.45, 7) is 13.2. The van der Waals surface area contributed by atoms with Gasteiger partial charge in [-0.3, -0.25) is 0 Å². The third-order valence-electron chi connectivity index (χ3n) is 3.81. The molecule has 3 heteroatoms. The third kappa shape index (κ3) is 8.08. The van der Waals surface area contributed by atoms with Crippen molar-refractivity contribution in [3.63, 3.8) is 0 Å². The summed E-state index contributed by atoms with van der Waals surface area (Å²) in [6.07, 6.45) is -0.181. The number of hydrogen-bond acceptors (Lipinski definition) is 3. The maximum absolute atomic E-state index is 8.94. The van der Waals surface area contributed by atoms with Gasteiger partial charge in [0.05, 0.1) is 0 Å². The van der Waals surface area contributed by atoms with Crippen molar-refractivity contribution in [2.45, 2.75) is 59.7 Å². The lowest BCUT2D eigenvalue weighted by Crippen LogP contribution is -2.15. The van der Waals surface area contributed by atoms with Crippen LogP contribution in [0.15, 0.2) is 48.5 Å². The summed E-state index contributed by atoms with van der Waals surface area (Å²) in [4.78, 5) is 0. The second kappa shape index (κ2) is 10.8. The predicted octanol–water partition coefficient (Wildman–Crippen LogP) is 6.09. The Hall–Kier alpha value is -2.00. The van der Waals surface area contributed by atoms with Crippen LogP contribution in [0, 0.1) is 0 Å². The summed E-state index contributed by atoms with van der Waals surface area (Å²) in [7, 11) is 0. The number of phenols is 1. The van der Waals surface area contributed by atoms with E-state index in [1.54, 1.807) is 12.1 Å². The molecule has 0 saturated carbocycles. The van der Waals surface area contributed by atoms with E-state index in [1.165, 1.54) is 11.1 Å². The zero-order valence-corrected chi connectivity index (χ0v) is 16.3. The highest BCUT2D eigenvalue weighted by atomic mass is 16.7. The number of aromatic hydroxyl groups is 1. The molecule has 0 radical (unpaired) electrons. The van der Waals surface area contributed by atoms with Crippen LogP contribution in [0.4, 0.5) is 0 Å². The largest absolute Gasteiger partial charge is 0.508 e. The highest BCUT2D eigenvalue weighted by molar-refractivity contribution is 5.29. The van der Waals surface area contributed by atoms with E-state index >= 15 is 0 Å². The van der Waals surface area contributed by atoms with E-state index in [2.05, 4.69) is 39.8 Å². The zero-order chi connectivity index (χ0) is 18.8. The van der Waals surface area contributed by atoms with Crippen LogP contribution in [0.2, 0.25) is 0 Å². The molecule has 0 aromatic heterocycles. The molecule has 0 aliphatic rings. The van der Waals surface area contributed by atoms with Crippen molar-refractivity contribution in [3.05, 3.63) is 59.7 Å². The van der Waals surface area contributed by atoms with Gasteiger partial charge in [-0.1, -0.05) is 52.0 Å². The van der Waals surface area contributed by atoms with Crippen LogP contribution in [-0.2, 0) is 4.74 Å². The average molecular weight is 344 g/mol. The minimum Gasteiger partial charge on any atom is -0.508 e. The van der Waals surface area contributed by atoms with Gasteiger partial charge in [0.25, 0.3) is 0 Å². The maximum atomic E-state index is 8.94. The van der Waals surface area contributed by atoms with Gasteiger partial charge in [0, 0.05) is 6.61 Å². The molecule has 0 aliphatic heterocycles. The Labute approximate surface area is 152 Å². The second-order valence-electron chi connectivity index (χ2n) is 6.61. The van der Waals surface area contributed by atoms with Crippen LogP contribution in [0.5, 0.6) is 11.5 Å². The van der Waals surface area contributed by atoms with Crippen molar-refractivity contribution in [2.75, 3.05) is 6.61 Å². The summed E-state index contributed by atoms with van der Waals surface area (Å²) in [5.74, 6) is 2.30. The summed E-state index contributed by atoms with van der Waals surface area (Å²) in [5, 5.41) is 8.94. The predicted molar refractivity (Wildman–Crippen MR) is 104 cm³/mol. The number of phenolic OH excluding ortho intramolecular Hbond substituents is 1. The first-order valence-electron chi connectivity index (χ1n) is 9.00. The Balaban J connectivity index is 0.000000271. The SMILES string of the molecule is CC(C)c1ccc(O)cc1.CCOC(C)Oc1ccc(C(C)C)cc1. The Bertz CT molecular complexity index is 586. The first-order valence-corrected chi connectivity index (χ1v) is 9.00. The normalized spacial score (nSPS) is 11.8. The molecule has 1 N–H and O–H groups in total. The van der Waals surface area contributed by atoms with E-state index in [9.17, 15) is 0 Å². The molecule has 3 nitrogen and oxygen atoms in total. The lowest BCUT2D eigenvalue weighted by atomic mass is 10.0. The first kappa shape index (κ1) is 21.0. The molecule has 1 unspecified atom stereocenters. The van der Waals surface area contributed by atoms with Crippen molar-refractivity contribution in [1.82, 2.24) is 0 Å². The minimum atomic E-state index is -0.181. The van der Waals surface area contributed by atoms with E-state index in [4.69, 9.17) is 14.6 Å². The average Bonchev–Trinajstić information content (AvgIpc) is 2.56. The fourth-order valence-electron chi connectivity index (χ4n) is 2.25. The van der Waals surface area contributed by atoms with Gasteiger partial charge in [-0.2, -0.15) is 0 Å². The van der Waals surface area contributed by atoms with Gasteiger partial charge in [-0.25, -0.2) is 0 Å². The zero-order valence-electron chi connectivity index (χ0n) is 16.3. The molecule has 0 amide bonds. The van der Waals surface area contributed by atoms with Gasteiger partial charge in [0.1, 0.15) is 11.5 Å². The van der Waals surface area contributed by atoms with E-state index in [1.807, 2.05) is 38.1 Å². The minimum absolute atomic E-state index is 0.181. The standard InChI is InChI=1S/C13H20O2.C9H12O/c1-5-14-11(4)15-13-8-6-12(7-9-13)10(2)3;1-7(2)8-3-5-9(10)6-4-8/h6-11H,5H2,1-4H3;3-7,10H,1-2H3. The molecule has 0 spiro atoms. The van der Waals surface area contributed by atoms with E-state index in [-0.39, 0.29) is 6.29 Å². The topological polar surface area (TPSA) is 38.7 Å². The van der Waals surface area contributed by atoms with Crippen LogP contribution >= 0.6 is 0 Å². The highest BCUT2D eigenvalue weighted by Gasteiger charge is 2.03. The van der Waals surface area contributed by atoms with Gasteiger partial charge in [0.15, 0.2) is 6.29 Å². The number of rotatable bonds is 6. The van der Waals surface area contributed by atoms with E-state index in [0.29, 0.717) is 24.2 Å². The molecule has 0 aliphatic carbocycles. The molecular formula is C22H32O3. The molecule has 138 valence electrons. The monoisotopic (exact) mass is 344 g/mol. The molecule has 2 aromatic carbocycles. The van der Waals surface area contributed by atoms with Crippen molar-refractivity contribution < 1.29 is 14.6 Å². The number of ether oxygens (including phenoxy) is 2. The van der Waals surface area contributed by atoms with Gasteiger partial charge >= 0.3 is 0 Å².